The third-order valence-electron chi connectivity index (χ3n) is 8.54. The third kappa shape index (κ3) is 4.37. The maximum atomic E-state index is 8.13. The number of hydrogen-bond acceptors (Lipinski definition) is 2. The minimum Gasteiger partial charge on any atom is -0.310 e. The first-order valence-corrected chi connectivity index (χ1v) is 14.6. The average Bonchev–Trinajstić information content (AvgIpc) is 3.04. The molecule has 0 aliphatic carbocycles. The lowest BCUT2D eigenvalue weighted by atomic mass is 9.82. The molecule has 0 fully saturated rings. The monoisotopic (exact) mass is 540 g/mol. The predicted molar refractivity (Wildman–Crippen MR) is 181 cm³/mol. The quantitative estimate of drug-likeness (QED) is 0.161. The summed E-state index contributed by atoms with van der Waals surface area (Å²) >= 11 is 0. The summed E-state index contributed by atoms with van der Waals surface area (Å²) in [6.07, 6.45) is 5.37. The largest absolute Gasteiger partial charge is 0.310 e. The number of rotatable bonds is 6. The maximum absolute atomic E-state index is 8.13. The van der Waals surface area contributed by atoms with E-state index in [1.807, 2.05) is 19.2 Å². The molecule has 6 aromatic carbocycles. The Morgan fingerprint density at radius 2 is 1.29 bits per heavy atom. The number of nitrogens with one attached hydrogen (secondary N) is 1. The zero-order chi connectivity index (χ0) is 28.6. The molecule has 1 atom stereocenters. The lowest BCUT2D eigenvalue weighted by molar-refractivity contribution is 0.848. The van der Waals surface area contributed by atoms with E-state index in [4.69, 9.17) is 10.4 Å². The summed E-state index contributed by atoms with van der Waals surface area (Å²) in [5.74, 6) is 0.226. The van der Waals surface area contributed by atoms with Gasteiger partial charge in [0.15, 0.2) is 0 Å². The molecule has 7 rings (SSSR count). The van der Waals surface area contributed by atoms with Crippen LogP contribution in [0.1, 0.15) is 41.5 Å². The number of benzene rings is 6. The molecule has 0 spiro atoms. The van der Waals surface area contributed by atoms with Crippen molar-refractivity contribution < 1.29 is 0 Å². The van der Waals surface area contributed by atoms with Crippen LogP contribution in [0.2, 0.25) is 0 Å². The van der Waals surface area contributed by atoms with E-state index in [1.165, 1.54) is 54.9 Å². The minimum atomic E-state index is 0.226. The van der Waals surface area contributed by atoms with E-state index >= 15 is 0 Å². The van der Waals surface area contributed by atoms with Gasteiger partial charge in [-0.1, -0.05) is 128 Å². The van der Waals surface area contributed by atoms with Crippen LogP contribution in [0.3, 0.4) is 0 Å². The highest BCUT2D eigenvalue weighted by atomic mass is 14.7. The van der Waals surface area contributed by atoms with E-state index in [9.17, 15) is 0 Å². The number of hydrogen-bond donors (Lipinski definition) is 1. The van der Waals surface area contributed by atoms with Gasteiger partial charge in [-0.25, -0.2) is 0 Å². The Morgan fingerprint density at radius 3 is 1.83 bits per heavy atom. The van der Waals surface area contributed by atoms with Crippen LogP contribution in [0.5, 0.6) is 0 Å². The van der Waals surface area contributed by atoms with Gasteiger partial charge in [-0.05, 0) is 79.4 Å². The Kier molecular flexibility index (Phi) is 6.60. The molecule has 2 heteroatoms. The molecule has 42 heavy (non-hydrogen) atoms. The summed E-state index contributed by atoms with van der Waals surface area (Å²) in [6.45, 7) is 5.86. The topological polar surface area (TPSA) is 36.2 Å². The van der Waals surface area contributed by atoms with Gasteiger partial charge in [0.1, 0.15) is 0 Å². The molecule has 0 saturated carbocycles. The molecule has 0 amide bonds. The van der Waals surface area contributed by atoms with Crippen LogP contribution in [0.15, 0.2) is 127 Å². The summed E-state index contributed by atoms with van der Waals surface area (Å²) in [4.78, 5) is 4.83. The number of aliphatic imine (C=N–C) groups is 1. The Balaban J connectivity index is 1.37. The predicted octanol–water partition coefficient (Wildman–Crippen LogP) is 10.8. The first kappa shape index (κ1) is 25.9. The van der Waals surface area contributed by atoms with Crippen molar-refractivity contribution in [2.24, 2.45) is 4.99 Å². The molecule has 1 aliphatic rings. The number of nitrogens with zero attached hydrogens (tertiary/aromatic N) is 1. The Labute approximate surface area is 247 Å². The molecule has 202 valence electrons. The normalized spacial score (nSPS) is 14.2. The summed E-state index contributed by atoms with van der Waals surface area (Å²) in [6, 6.07) is 41.8. The van der Waals surface area contributed by atoms with Crippen LogP contribution >= 0.6 is 0 Å². The average molecular weight is 541 g/mol. The fourth-order valence-electron chi connectivity index (χ4n) is 6.68. The first-order valence-electron chi connectivity index (χ1n) is 14.6. The molecule has 1 unspecified atom stereocenters. The van der Waals surface area contributed by atoms with E-state index in [1.54, 1.807) is 0 Å². The fraction of sp³-hybridized carbons (Fsp3) is 0.100. The second-order valence-corrected chi connectivity index (χ2v) is 11.2. The van der Waals surface area contributed by atoms with Crippen molar-refractivity contribution >= 4 is 45.2 Å². The van der Waals surface area contributed by atoms with Crippen LogP contribution in [0, 0.1) is 5.41 Å². The van der Waals surface area contributed by atoms with E-state index < -0.39 is 0 Å². The van der Waals surface area contributed by atoms with Gasteiger partial charge in [0.25, 0.3) is 0 Å². The van der Waals surface area contributed by atoms with Crippen LogP contribution in [0.25, 0.3) is 49.9 Å². The molecule has 1 aliphatic heterocycles. The Morgan fingerprint density at radius 1 is 0.738 bits per heavy atom. The van der Waals surface area contributed by atoms with Crippen molar-refractivity contribution in [3.05, 3.63) is 144 Å². The summed E-state index contributed by atoms with van der Waals surface area (Å²) in [5.41, 5.74) is 11.3. The van der Waals surface area contributed by atoms with Crippen molar-refractivity contribution in [1.82, 2.24) is 0 Å². The maximum Gasteiger partial charge on any atom is 0.0705 e. The highest BCUT2D eigenvalue weighted by Gasteiger charge is 2.24. The van der Waals surface area contributed by atoms with Crippen molar-refractivity contribution in [3.8, 4) is 22.3 Å². The van der Waals surface area contributed by atoms with Crippen molar-refractivity contribution in [2.75, 3.05) is 0 Å². The molecule has 6 aromatic rings. The van der Waals surface area contributed by atoms with Gasteiger partial charge in [-0.3, -0.25) is 4.99 Å². The number of fused-ring (bicyclic) bond motifs is 3. The minimum absolute atomic E-state index is 0.226. The molecule has 0 radical (unpaired) electrons. The smallest absolute Gasteiger partial charge is 0.0705 e. The molecular weight excluding hydrogens is 508 g/mol. The molecule has 1 heterocycles. The Hall–Kier alpha value is -5.08. The lowest BCUT2D eigenvalue weighted by Gasteiger charge is -2.25. The summed E-state index contributed by atoms with van der Waals surface area (Å²) in [7, 11) is 0. The van der Waals surface area contributed by atoms with Gasteiger partial charge in [-0.2, -0.15) is 0 Å². The molecule has 0 bridgehead atoms. The zero-order valence-corrected chi connectivity index (χ0v) is 23.8. The van der Waals surface area contributed by atoms with Crippen LogP contribution in [-0.4, -0.2) is 11.9 Å². The second kappa shape index (κ2) is 10.7. The van der Waals surface area contributed by atoms with E-state index in [0.717, 1.165) is 23.2 Å². The van der Waals surface area contributed by atoms with Crippen molar-refractivity contribution in [1.29, 1.82) is 5.41 Å². The van der Waals surface area contributed by atoms with Gasteiger partial charge in [-0.15, -0.1) is 0 Å². The molecular formula is C40H32N2. The van der Waals surface area contributed by atoms with Gasteiger partial charge >= 0.3 is 0 Å². The van der Waals surface area contributed by atoms with Gasteiger partial charge in [0.05, 0.1) is 5.69 Å². The fourth-order valence-corrected chi connectivity index (χ4v) is 6.68. The van der Waals surface area contributed by atoms with E-state index in [-0.39, 0.29) is 5.92 Å². The van der Waals surface area contributed by atoms with Crippen molar-refractivity contribution in [2.45, 2.75) is 25.7 Å². The zero-order valence-electron chi connectivity index (χ0n) is 23.8. The Bertz CT molecular complexity index is 1960. The SMILES string of the molecule is C=Cc1ccc2c(c1CC(C)=N)N=CCC2c1ccc(-c2c3ccccc3c(-c3ccccc3)c3ccccc23)cc1. The second-order valence-electron chi connectivity index (χ2n) is 11.2. The molecule has 0 saturated heterocycles. The lowest BCUT2D eigenvalue weighted by Crippen LogP contribution is -2.09. The van der Waals surface area contributed by atoms with Gasteiger partial charge in [0.2, 0.25) is 0 Å². The molecule has 1 N–H and O–H groups in total. The molecule has 0 aromatic heterocycles. The third-order valence-corrected chi connectivity index (χ3v) is 8.54. The first-order chi connectivity index (χ1) is 20.6. The summed E-state index contributed by atoms with van der Waals surface area (Å²) < 4.78 is 0. The van der Waals surface area contributed by atoms with Crippen LogP contribution < -0.4 is 0 Å². The van der Waals surface area contributed by atoms with E-state index in [2.05, 4.69) is 122 Å². The van der Waals surface area contributed by atoms with Crippen LogP contribution in [0.4, 0.5) is 5.69 Å². The highest BCUT2D eigenvalue weighted by molar-refractivity contribution is 6.21. The molecule has 2 nitrogen and oxygen atoms in total. The van der Waals surface area contributed by atoms with Crippen molar-refractivity contribution in [3.63, 3.8) is 0 Å². The highest BCUT2D eigenvalue weighted by Crippen LogP contribution is 2.45. The van der Waals surface area contributed by atoms with Gasteiger partial charge < -0.3 is 5.41 Å². The van der Waals surface area contributed by atoms with Gasteiger partial charge in [0, 0.05) is 24.3 Å². The van der Waals surface area contributed by atoms with Crippen LogP contribution in [-0.2, 0) is 6.42 Å². The van der Waals surface area contributed by atoms with E-state index in [0.29, 0.717) is 12.1 Å². The summed E-state index contributed by atoms with van der Waals surface area (Å²) in [5, 5.41) is 13.2. The standard InChI is InChI=1S/C40H32N2/c1-3-27-21-22-36-31(23-24-42-40(36)37(27)25-26(2)41)28-17-19-30(20-18-28)39-34-15-9-7-13-32(34)38(29-11-5-4-6-12-29)33-14-8-10-16-35(33)39/h3-22,24,31,41H,1,23,25H2,2H3.